The standard InChI is InChI=1S/C16H13ClN4O3/c1-11-8-14(6-7-15(11)17)23-9-16(22)24-13-4-2-12(3-5-13)21-10-18-19-20-21/h2-8,10H,9H2,1H3. The maximum absolute atomic E-state index is 11.8. The van der Waals surface area contributed by atoms with Crippen LogP contribution in [0.1, 0.15) is 5.56 Å². The Morgan fingerprint density at radius 3 is 2.58 bits per heavy atom. The number of nitrogens with zero attached hydrogens (tertiary/aromatic N) is 4. The number of aryl methyl sites for hydroxylation is 1. The highest BCUT2D eigenvalue weighted by Gasteiger charge is 2.08. The molecule has 0 saturated carbocycles. The predicted octanol–water partition coefficient (Wildman–Crippen LogP) is 2.61. The molecular formula is C16H13ClN4O3. The van der Waals surface area contributed by atoms with Gasteiger partial charge in [-0.2, -0.15) is 0 Å². The minimum Gasteiger partial charge on any atom is -0.482 e. The van der Waals surface area contributed by atoms with Gasteiger partial charge >= 0.3 is 5.97 Å². The van der Waals surface area contributed by atoms with Crippen LogP contribution in [0.25, 0.3) is 5.69 Å². The van der Waals surface area contributed by atoms with Crippen LogP contribution in [0.5, 0.6) is 11.5 Å². The number of carbonyl (C=O) groups is 1. The quantitative estimate of drug-likeness (QED) is 0.523. The summed E-state index contributed by atoms with van der Waals surface area (Å²) in [6.45, 7) is 1.66. The first-order valence-corrected chi connectivity index (χ1v) is 7.43. The van der Waals surface area contributed by atoms with Crippen LogP contribution in [0, 0.1) is 6.92 Å². The fraction of sp³-hybridized carbons (Fsp3) is 0.125. The van der Waals surface area contributed by atoms with E-state index in [1.54, 1.807) is 42.5 Å². The fourth-order valence-corrected chi connectivity index (χ4v) is 2.07. The Bertz CT molecular complexity index is 835. The molecule has 122 valence electrons. The van der Waals surface area contributed by atoms with E-state index >= 15 is 0 Å². The first-order chi connectivity index (χ1) is 11.6. The van der Waals surface area contributed by atoms with Gasteiger partial charge in [0.2, 0.25) is 0 Å². The molecule has 7 nitrogen and oxygen atoms in total. The molecule has 0 radical (unpaired) electrons. The van der Waals surface area contributed by atoms with Crippen molar-refractivity contribution < 1.29 is 14.3 Å². The third-order valence-electron chi connectivity index (χ3n) is 3.17. The van der Waals surface area contributed by atoms with E-state index in [0.29, 0.717) is 16.5 Å². The molecule has 8 heteroatoms. The maximum atomic E-state index is 11.8. The van der Waals surface area contributed by atoms with Crippen LogP contribution in [0.15, 0.2) is 48.8 Å². The summed E-state index contributed by atoms with van der Waals surface area (Å²) in [6, 6.07) is 12.0. The molecule has 3 aromatic rings. The van der Waals surface area contributed by atoms with Crippen LogP contribution in [-0.2, 0) is 4.79 Å². The van der Waals surface area contributed by atoms with Gasteiger partial charge < -0.3 is 9.47 Å². The lowest BCUT2D eigenvalue weighted by atomic mass is 10.2. The van der Waals surface area contributed by atoms with Crippen molar-refractivity contribution in [2.75, 3.05) is 6.61 Å². The lowest BCUT2D eigenvalue weighted by Gasteiger charge is -2.08. The van der Waals surface area contributed by atoms with E-state index in [1.807, 2.05) is 6.92 Å². The average Bonchev–Trinajstić information content (AvgIpc) is 3.11. The van der Waals surface area contributed by atoms with E-state index in [-0.39, 0.29) is 6.61 Å². The van der Waals surface area contributed by atoms with Crippen molar-refractivity contribution in [3.63, 3.8) is 0 Å². The molecule has 3 rings (SSSR count). The smallest absolute Gasteiger partial charge is 0.349 e. The summed E-state index contributed by atoms with van der Waals surface area (Å²) in [7, 11) is 0. The molecule has 0 saturated heterocycles. The molecular weight excluding hydrogens is 332 g/mol. The van der Waals surface area contributed by atoms with Gasteiger partial charge in [-0.1, -0.05) is 11.6 Å². The Balaban J connectivity index is 1.55. The summed E-state index contributed by atoms with van der Waals surface area (Å²) in [4.78, 5) is 11.8. The molecule has 0 unspecified atom stereocenters. The SMILES string of the molecule is Cc1cc(OCC(=O)Oc2ccc(-n3cnnn3)cc2)ccc1Cl. The van der Waals surface area contributed by atoms with Crippen molar-refractivity contribution in [3.05, 3.63) is 59.4 Å². The second-order valence-electron chi connectivity index (χ2n) is 4.92. The first-order valence-electron chi connectivity index (χ1n) is 7.05. The van der Waals surface area contributed by atoms with Gasteiger partial charge in [0.1, 0.15) is 17.8 Å². The Morgan fingerprint density at radius 2 is 1.92 bits per heavy atom. The fourth-order valence-electron chi connectivity index (χ4n) is 1.96. The number of hydrogen-bond donors (Lipinski definition) is 0. The van der Waals surface area contributed by atoms with E-state index in [4.69, 9.17) is 21.1 Å². The molecule has 0 aliphatic rings. The highest BCUT2D eigenvalue weighted by atomic mass is 35.5. The highest BCUT2D eigenvalue weighted by molar-refractivity contribution is 6.31. The topological polar surface area (TPSA) is 79.1 Å². The minimum absolute atomic E-state index is 0.199. The van der Waals surface area contributed by atoms with Crippen LogP contribution in [0.4, 0.5) is 0 Å². The highest BCUT2D eigenvalue weighted by Crippen LogP contribution is 2.21. The van der Waals surface area contributed by atoms with Gasteiger partial charge in [-0.15, -0.1) is 5.10 Å². The average molecular weight is 345 g/mol. The van der Waals surface area contributed by atoms with Crippen LogP contribution < -0.4 is 9.47 Å². The lowest BCUT2D eigenvalue weighted by molar-refractivity contribution is -0.136. The zero-order valence-electron chi connectivity index (χ0n) is 12.7. The lowest BCUT2D eigenvalue weighted by Crippen LogP contribution is -2.17. The number of aromatic nitrogens is 4. The van der Waals surface area contributed by atoms with E-state index in [0.717, 1.165) is 11.3 Å². The molecule has 1 heterocycles. The molecule has 24 heavy (non-hydrogen) atoms. The van der Waals surface area contributed by atoms with Crippen molar-refractivity contribution in [1.82, 2.24) is 20.2 Å². The van der Waals surface area contributed by atoms with Gasteiger partial charge in [0.25, 0.3) is 0 Å². The van der Waals surface area contributed by atoms with Crippen molar-refractivity contribution in [2.24, 2.45) is 0 Å². The van der Waals surface area contributed by atoms with Crippen LogP contribution in [-0.4, -0.2) is 32.8 Å². The number of esters is 1. The third kappa shape index (κ3) is 3.88. The second kappa shape index (κ2) is 7.10. The molecule has 1 aromatic heterocycles. The minimum atomic E-state index is -0.502. The second-order valence-corrected chi connectivity index (χ2v) is 5.33. The van der Waals surface area contributed by atoms with Gasteiger partial charge in [-0.3, -0.25) is 0 Å². The summed E-state index contributed by atoms with van der Waals surface area (Å²) in [5.74, 6) is 0.466. The number of hydrogen-bond acceptors (Lipinski definition) is 6. The molecule has 0 aliphatic carbocycles. The van der Waals surface area contributed by atoms with E-state index in [1.165, 1.54) is 11.0 Å². The zero-order chi connectivity index (χ0) is 16.9. The van der Waals surface area contributed by atoms with Crippen molar-refractivity contribution in [3.8, 4) is 17.2 Å². The van der Waals surface area contributed by atoms with Gasteiger partial charge in [0, 0.05) is 5.02 Å². The molecule has 0 aliphatic heterocycles. The third-order valence-corrected chi connectivity index (χ3v) is 3.59. The number of ether oxygens (including phenoxy) is 2. The number of tetrazole rings is 1. The van der Waals surface area contributed by atoms with E-state index < -0.39 is 5.97 Å². The van der Waals surface area contributed by atoms with Gasteiger partial charge in [-0.05, 0) is 65.4 Å². The molecule has 0 atom stereocenters. The van der Waals surface area contributed by atoms with Gasteiger partial charge in [0.05, 0.1) is 5.69 Å². The van der Waals surface area contributed by atoms with Crippen molar-refractivity contribution in [2.45, 2.75) is 6.92 Å². The largest absolute Gasteiger partial charge is 0.482 e. The predicted molar refractivity (Wildman–Crippen MR) is 86.5 cm³/mol. The summed E-state index contributed by atoms with van der Waals surface area (Å²) in [6.07, 6.45) is 1.48. The molecule has 2 aromatic carbocycles. The number of halogens is 1. The van der Waals surface area contributed by atoms with E-state index in [2.05, 4.69) is 15.5 Å². The molecule has 0 fully saturated rings. The van der Waals surface area contributed by atoms with Crippen LogP contribution >= 0.6 is 11.6 Å². The number of carbonyl (C=O) groups excluding carboxylic acids is 1. The Labute approximate surface area is 142 Å². The summed E-state index contributed by atoms with van der Waals surface area (Å²) >= 11 is 5.94. The summed E-state index contributed by atoms with van der Waals surface area (Å²) < 4.78 is 12.1. The normalized spacial score (nSPS) is 10.4. The van der Waals surface area contributed by atoms with Crippen LogP contribution in [0.3, 0.4) is 0 Å². The number of benzene rings is 2. The summed E-state index contributed by atoms with van der Waals surface area (Å²) in [5.41, 5.74) is 1.63. The van der Waals surface area contributed by atoms with Crippen LogP contribution in [0.2, 0.25) is 5.02 Å². The number of rotatable bonds is 5. The molecule has 0 spiro atoms. The summed E-state index contributed by atoms with van der Waals surface area (Å²) in [5, 5.41) is 11.5. The van der Waals surface area contributed by atoms with Crippen molar-refractivity contribution >= 4 is 17.6 Å². The van der Waals surface area contributed by atoms with Crippen molar-refractivity contribution in [1.29, 1.82) is 0 Å². The van der Waals surface area contributed by atoms with E-state index in [9.17, 15) is 4.79 Å². The maximum Gasteiger partial charge on any atom is 0.349 e. The molecule has 0 N–H and O–H groups in total. The van der Waals surface area contributed by atoms with Gasteiger partial charge in [0.15, 0.2) is 6.61 Å². The monoisotopic (exact) mass is 344 g/mol. The zero-order valence-corrected chi connectivity index (χ0v) is 13.5. The first kappa shape index (κ1) is 15.9. The Hall–Kier alpha value is -2.93. The Kier molecular flexibility index (Phi) is 4.72. The molecule has 0 bridgehead atoms. The Morgan fingerprint density at radius 1 is 1.17 bits per heavy atom. The van der Waals surface area contributed by atoms with Gasteiger partial charge in [-0.25, -0.2) is 9.48 Å². The molecule has 0 amide bonds.